The molecule has 12 heteroatoms. The number of benzene rings is 2. The third-order valence-corrected chi connectivity index (χ3v) is 7.14. The van der Waals surface area contributed by atoms with Crippen LogP contribution in [0.15, 0.2) is 61.8 Å². The van der Waals surface area contributed by atoms with Crippen LogP contribution in [0.3, 0.4) is 0 Å². The number of aryl methyl sites for hydroxylation is 2. The molecule has 1 saturated heterocycles. The van der Waals surface area contributed by atoms with Crippen LogP contribution in [0.5, 0.6) is 11.5 Å². The van der Waals surface area contributed by atoms with Crippen LogP contribution < -0.4 is 15.0 Å². The number of ether oxygens (including phenoxy) is 1. The fraction of sp³-hybridized carbons (Fsp3) is 0.241. The highest BCUT2D eigenvalue weighted by Gasteiger charge is 2.27. The van der Waals surface area contributed by atoms with Gasteiger partial charge in [-0.3, -0.25) is 4.79 Å². The lowest BCUT2D eigenvalue weighted by atomic mass is 10.2. The maximum Gasteiger partial charge on any atom is 0.246 e. The van der Waals surface area contributed by atoms with Crippen LogP contribution in [0.1, 0.15) is 12.5 Å². The van der Waals surface area contributed by atoms with Crippen molar-refractivity contribution >= 4 is 45.4 Å². The lowest BCUT2D eigenvalue weighted by Crippen LogP contribution is -2.54. The minimum absolute atomic E-state index is 0.00996. The molecule has 6 rings (SSSR count). The number of aromatic nitrogens is 6. The van der Waals surface area contributed by atoms with Gasteiger partial charge in [0.25, 0.3) is 0 Å². The van der Waals surface area contributed by atoms with Crippen LogP contribution in [-0.4, -0.2) is 66.0 Å². The van der Waals surface area contributed by atoms with E-state index in [4.69, 9.17) is 9.72 Å². The molecule has 41 heavy (non-hydrogen) atoms. The lowest BCUT2D eigenvalue weighted by Gasteiger charge is -2.39. The number of carbonyl (C=O) groups is 1. The van der Waals surface area contributed by atoms with Crippen molar-refractivity contribution in [2.75, 3.05) is 29.9 Å². The fourth-order valence-corrected chi connectivity index (χ4v) is 5.05. The average Bonchev–Trinajstić information content (AvgIpc) is 3.34. The van der Waals surface area contributed by atoms with Gasteiger partial charge in [0.05, 0.1) is 18.0 Å². The summed E-state index contributed by atoms with van der Waals surface area (Å²) in [4.78, 5) is 38.3. The SMILES string of the molecule is C=CC(=O)N1CCN(c2ncc3ncnc(Nc4ccc(Oc5cc(F)c6c(c5)ncn6C)c(C)c4)c3n2)C[C@H]1C. The smallest absolute Gasteiger partial charge is 0.246 e. The summed E-state index contributed by atoms with van der Waals surface area (Å²) in [5.41, 5.74) is 3.74. The number of imidazole rings is 1. The van der Waals surface area contributed by atoms with Crippen molar-refractivity contribution in [3.8, 4) is 11.5 Å². The molecule has 0 spiro atoms. The van der Waals surface area contributed by atoms with E-state index < -0.39 is 5.82 Å². The molecule has 0 aliphatic carbocycles. The van der Waals surface area contributed by atoms with Crippen molar-refractivity contribution in [1.82, 2.24) is 34.4 Å². The Morgan fingerprint density at radius 2 is 2.00 bits per heavy atom. The number of halogens is 1. The number of nitrogens with one attached hydrogen (secondary N) is 1. The normalized spacial score (nSPS) is 15.4. The number of anilines is 3. The Balaban J connectivity index is 1.22. The van der Waals surface area contributed by atoms with Crippen molar-refractivity contribution in [3.63, 3.8) is 0 Å². The van der Waals surface area contributed by atoms with E-state index in [0.717, 1.165) is 11.3 Å². The van der Waals surface area contributed by atoms with Gasteiger partial charge in [0.2, 0.25) is 11.9 Å². The Bertz CT molecular complexity index is 1800. The monoisotopic (exact) mass is 553 g/mol. The van der Waals surface area contributed by atoms with E-state index in [-0.39, 0.29) is 11.9 Å². The standard InChI is InChI=1S/C29H28FN9O2/c1-5-25(40)39-9-8-38(14-18(39)3)29-31-13-23-26(36-29)28(33-15-32-23)35-19-6-7-24(17(2)10-19)41-20-11-21(30)27-22(12-20)34-16-37(27)4/h5-7,10-13,15-16,18H,1,8-9,14H2,2-4H3,(H,32,33,35)/t18-/m1/s1. The van der Waals surface area contributed by atoms with E-state index in [1.54, 1.807) is 35.1 Å². The zero-order valence-electron chi connectivity index (χ0n) is 22.9. The molecular formula is C29H28FN9O2. The van der Waals surface area contributed by atoms with Gasteiger partial charge in [-0.1, -0.05) is 6.58 Å². The van der Waals surface area contributed by atoms with Crippen LogP contribution >= 0.6 is 0 Å². The largest absolute Gasteiger partial charge is 0.457 e. The third-order valence-electron chi connectivity index (χ3n) is 7.14. The van der Waals surface area contributed by atoms with Crippen LogP contribution in [-0.2, 0) is 11.8 Å². The summed E-state index contributed by atoms with van der Waals surface area (Å²) in [6.45, 7) is 9.25. The quantitative estimate of drug-likeness (QED) is 0.303. The summed E-state index contributed by atoms with van der Waals surface area (Å²) in [7, 11) is 1.75. The second-order valence-corrected chi connectivity index (χ2v) is 9.99. The molecule has 0 radical (unpaired) electrons. The number of hydrogen-bond donors (Lipinski definition) is 1. The first-order valence-corrected chi connectivity index (χ1v) is 13.1. The molecule has 5 aromatic rings. The summed E-state index contributed by atoms with van der Waals surface area (Å²) in [5.74, 6) is 1.56. The average molecular weight is 554 g/mol. The van der Waals surface area contributed by atoms with Gasteiger partial charge in [-0.25, -0.2) is 29.3 Å². The molecule has 1 amide bonds. The Morgan fingerprint density at radius 1 is 1.15 bits per heavy atom. The van der Waals surface area contributed by atoms with Crippen LogP contribution in [0.4, 0.5) is 21.8 Å². The molecule has 0 bridgehead atoms. The zero-order valence-corrected chi connectivity index (χ0v) is 22.9. The third kappa shape index (κ3) is 4.99. The highest BCUT2D eigenvalue weighted by molar-refractivity contribution is 5.88. The predicted octanol–water partition coefficient (Wildman–Crippen LogP) is 4.51. The minimum Gasteiger partial charge on any atom is -0.457 e. The number of amides is 1. The van der Waals surface area contributed by atoms with Gasteiger partial charge < -0.3 is 24.4 Å². The van der Waals surface area contributed by atoms with Gasteiger partial charge in [0.1, 0.15) is 34.4 Å². The second-order valence-electron chi connectivity index (χ2n) is 9.99. The van der Waals surface area contributed by atoms with Gasteiger partial charge in [-0.05, 0) is 43.7 Å². The van der Waals surface area contributed by atoms with Gasteiger partial charge >= 0.3 is 0 Å². The summed E-state index contributed by atoms with van der Waals surface area (Å²) in [6, 6.07) is 8.64. The molecular weight excluding hydrogens is 525 g/mol. The molecule has 3 aromatic heterocycles. The molecule has 1 aliphatic rings. The molecule has 2 aromatic carbocycles. The van der Waals surface area contributed by atoms with E-state index >= 15 is 0 Å². The molecule has 1 N–H and O–H groups in total. The first kappa shape index (κ1) is 26.1. The van der Waals surface area contributed by atoms with Crippen molar-refractivity contribution in [2.45, 2.75) is 19.9 Å². The van der Waals surface area contributed by atoms with Crippen molar-refractivity contribution in [1.29, 1.82) is 0 Å². The minimum atomic E-state index is -0.396. The van der Waals surface area contributed by atoms with Gasteiger partial charge in [0.15, 0.2) is 11.6 Å². The second kappa shape index (κ2) is 10.5. The highest BCUT2D eigenvalue weighted by atomic mass is 19.1. The number of hydrogen-bond acceptors (Lipinski definition) is 9. The number of carbonyl (C=O) groups excluding carboxylic acids is 1. The fourth-order valence-electron chi connectivity index (χ4n) is 5.05. The van der Waals surface area contributed by atoms with E-state index in [2.05, 4.69) is 36.7 Å². The number of rotatable bonds is 6. The Hall–Kier alpha value is -5.13. The molecule has 1 aliphatic heterocycles. The number of fused-ring (bicyclic) bond motifs is 2. The van der Waals surface area contributed by atoms with Gasteiger partial charge in [-0.2, -0.15) is 0 Å². The Labute approximate surface area is 235 Å². The summed E-state index contributed by atoms with van der Waals surface area (Å²) < 4.78 is 22.3. The number of piperazine rings is 1. The maximum atomic E-state index is 14.6. The molecule has 0 unspecified atom stereocenters. The lowest BCUT2D eigenvalue weighted by molar-refractivity contribution is -0.128. The molecule has 1 atom stereocenters. The summed E-state index contributed by atoms with van der Waals surface area (Å²) in [6.07, 6.45) is 6.05. The Kier molecular flexibility index (Phi) is 6.66. The van der Waals surface area contributed by atoms with Gasteiger partial charge in [-0.15, -0.1) is 0 Å². The summed E-state index contributed by atoms with van der Waals surface area (Å²) in [5, 5.41) is 3.33. The van der Waals surface area contributed by atoms with Crippen molar-refractivity contribution < 1.29 is 13.9 Å². The Morgan fingerprint density at radius 3 is 2.78 bits per heavy atom. The van der Waals surface area contributed by atoms with Crippen LogP contribution in [0.25, 0.3) is 22.1 Å². The van der Waals surface area contributed by atoms with E-state index in [0.29, 0.717) is 65.0 Å². The van der Waals surface area contributed by atoms with Crippen LogP contribution in [0, 0.1) is 12.7 Å². The zero-order chi connectivity index (χ0) is 28.7. The van der Waals surface area contributed by atoms with Crippen molar-refractivity contribution in [3.05, 3.63) is 73.2 Å². The number of nitrogens with zero attached hydrogens (tertiary/aromatic N) is 8. The first-order chi connectivity index (χ1) is 19.8. The van der Waals surface area contributed by atoms with E-state index in [9.17, 15) is 9.18 Å². The molecule has 0 saturated carbocycles. The van der Waals surface area contributed by atoms with E-state index in [1.807, 2.05) is 32.0 Å². The topological polar surface area (TPSA) is 114 Å². The first-order valence-electron chi connectivity index (χ1n) is 13.1. The van der Waals surface area contributed by atoms with E-state index in [1.165, 1.54) is 18.5 Å². The summed E-state index contributed by atoms with van der Waals surface area (Å²) >= 11 is 0. The maximum absolute atomic E-state index is 14.6. The van der Waals surface area contributed by atoms with Crippen molar-refractivity contribution in [2.24, 2.45) is 7.05 Å². The molecule has 208 valence electrons. The predicted molar refractivity (Wildman–Crippen MR) is 154 cm³/mol. The molecule has 4 heterocycles. The van der Waals surface area contributed by atoms with Crippen LogP contribution in [0.2, 0.25) is 0 Å². The molecule has 1 fully saturated rings. The van der Waals surface area contributed by atoms with Gasteiger partial charge in [0, 0.05) is 50.5 Å². The highest BCUT2D eigenvalue weighted by Crippen LogP contribution is 2.32. The molecule has 11 nitrogen and oxygen atoms in total.